The molecule has 3 rings (SSSR count). The van der Waals surface area contributed by atoms with E-state index in [4.69, 9.17) is 0 Å². The summed E-state index contributed by atoms with van der Waals surface area (Å²) in [6.45, 7) is 18.0. The first kappa shape index (κ1) is 25.2. The molecule has 33 heavy (non-hydrogen) atoms. The second-order valence-electron chi connectivity index (χ2n) is 11.3. The van der Waals surface area contributed by atoms with Crippen LogP contribution < -0.4 is 0 Å². The third kappa shape index (κ3) is 5.93. The van der Waals surface area contributed by atoms with E-state index in [0.29, 0.717) is 29.4 Å². The van der Waals surface area contributed by atoms with Crippen LogP contribution in [-0.4, -0.2) is 14.2 Å². The Kier molecular flexibility index (Phi) is 8.15. The highest BCUT2D eigenvalue weighted by Gasteiger charge is 2.20. The Morgan fingerprint density at radius 1 is 0.515 bits per heavy atom. The largest absolute Gasteiger partial charge is 0.504 e. The third-order valence-electron chi connectivity index (χ3n) is 6.03. The summed E-state index contributed by atoms with van der Waals surface area (Å²) in [6.07, 6.45) is 3.95. The van der Waals surface area contributed by atoms with Crippen LogP contribution in [-0.2, 0) is 25.7 Å². The average Bonchev–Trinajstić information content (AvgIpc) is 3.24. The van der Waals surface area contributed by atoms with E-state index >= 15 is 0 Å². The van der Waals surface area contributed by atoms with E-state index in [2.05, 4.69) is 107 Å². The topological polar surface area (TPSA) is 30.1 Å². The molecular formula is C30H44N2O. The maximum absolute atomic E-state index is 11.7. The summed E-state index contributed by atoms with van der Waals surface area (Å²) in [7, 11) is 0. The zero-order valence-corrected chi connectivity index (χ0v) is 22.0. The van der Waals surface area contributed by atoms with Gasteiger partial charge in [-0.2, -0.15) is 0 Å². The van der Waals surface area contributed by atoms with Crippen molar-refractivity contribution < 1.29 is 5.11 Å². The van der Waals surface area contributed by atoms with Gasteiger partial charge in [0.2, 0.25) is 0 Å². The number of nitrogens with zero attached hydrogens (tertiary/aromatic N) is 2. The molecule has 0 aliphatic carbocycles. The van der Waals surface area contributed by atoms with Gasteiger partial charge >= 0.3 is 0 Å². The molecule has 0 unspecified atom stereocenters. The second-order valence-corrected chi connectivity index (χ2v) is 11.3. The molecule has 0 bridgehead atoms. The van der Waals surface area contributed by atoms with Gasteiger partial charge in [-0.3, -0.25) is 0 Å². The quantitative estimate of drug-likeness (QED) is 0.337. The summed E-state index contributed by atoms with van der Waals surface area (Å²) in [5.41, 5.74) is 6.86. The van der Waals surface area contributed by atoms with Gasteiger partial charge in [-0.25, -0.2) is 0 Å². The zero-order valence-electron chi connectivity index (χ0n) is 22.0. The molecule has 0 aliphatic heterocycles. The van der Waals surface area contributed by atoms with Crippen molar-refractivity contribution in [2.75, 3.05) is 0 Å². The average molecular weight is 449 g/mol. The van der Waals surface area contributed by atoms with Crippen molar-refractivity contribution in [2.45, 2.75) is 81.1 Å². The summed E-state index contributed by atoms with van der Waals surface area (Å²) < 4.78 is 4.62. The van der Waals surface area contributed by atoms with Crippen LogP contribution in [0.4, 0.5) is 0 Å². The molecule has 0 aliphatic rings. The van der Waals surface area contributed by atoms with Gasteiger partial charge in [0.25, 0.3) is 0 Å². The smallest absolute Gasteiger partial charge is 0.163 e. The Morgan fingerprint density at radius 3 is 1.03 bits per heavy atom. The fourth-order valence-electron chi connectivity index (χ4n) is 4.86. The van der Waals surface area contributed by atoms with Crippen LogP contribution in [0.15, 0.2) is 42.5 Å². The summed E-state index contributed by atoms with van der Waals surface area (Å²) >= 11 is 0. The minimum absolute atomic E-state index is 0.370. The van der Waals surface area contributed by atoms with E-state index in [1.807, 2.05) is 0 Å². The van der Waals surface area contributed by atoms with Crippen LogP contribution in [0.2, 0.25) is 0 Å². The maximum Gasteiger partial charge on any atom is 0.163 e. The molecule has 1 N–H and O–H groups in total. The van der Waals surface area contributed by atoms with Gasteiger partial charge in [0.05, 0.1) is 11.4 Å². The molecule has 0 amide bonds. The Morgan fingerprint density at radius 2 is 0.788 bits per heavy atom. The summed E-state index contributed by atoms with van der Waals surface area (Å²) in [6, 6.07) is 15.2. The predicted molar refractivity (Wildman–Crippen MR) is 141 cm³/mol. The highest BCUT2D eigenvalue weighted by atomic mass is 16.3. The van der Waals surface area contributed by atoms with Crippen LogP contribution in [0.1, 0.15) is 78.2 Å². The Bertz CT molecular complexity index is 914. The minimum atomic E-state index is 0.370. The number of aromatic hydroxyl groups is 1. The third-order valence-corrected chi connectivity index (χ3v) is 6.03. The van der Waals surface area contributed by atoms with Crippen LogP contribution in [0.3, 0.4) is 0 Å². The molecule has 180 valence electrons. The van der Waals surface area contributed by atoms with E-state index in [1.165, 1.54) is 22.8 Å². The van der Waals surface area contributed by atoms with Crippen molar-refractivity contribution in [3.63, 3.8) is 0 Å². The lowest BCUT2D eigenvalue weighted by molar-refractivity contribution is 0.464. The van der Waals surface area contributed by atoms with E-state index in [1.54, 1.807) is 0 Å². The summed E-state index contributed by atoms with van der Waals surface area (Å²) in [5, 5.41) is 11.7. The van der Waals surface area contributed by atoms with Crippen molar-refractivity contribution in [3.05, 3.63) is 65.2 Å². The van der Waals surface area contributed by atoms with E-state index in [9.17, 15) is 5.11 Å². The van der Waals surface area contributed by atoms with Crippen molar-refractivity contribution in [1.82, 2.24) is 9.13 Å². The zero-order chi connectivity index (χ0) is 24.3. The van der Waals surface area contributed by atoms with Crippen LogP contribution in [0, 0.1) is 23.7 Å². The lowest BCUT2D eigenvalue weighted by Gasteiger charge is -2.21. The standard InChI is InChI=1S/C30H44N2O/c1-20(2)16-24-12-13-25(17-21(3)4)31(24)28-10-9-11-29(30(28)33)32-26(18-22(5)6)14-15-27(32)19-23(7)8/h9-15,20-23,33H,16-19H2,1-8H3. The highest BCUT2D eigenvalue weighted by Crippen LogP contribution is 2.35. The number of phenols is 1. The van der Waals surface area contributed by atoms with Crippen molar-refractivity contribution in [2.24, 2.45) is 23.7 Å². The molecule has 0 radical (unpaired) electrons. The van der Waals surface area contributed by atoms with Gasteiger partial charge in [0.1, 0.15) is 0 Å². The van der Waals surface area contributed by atoms with Crippen LogP contribution >= 0.6 is 0 Å². The van der Waals surface area contributed by atoms with Gasteiger partial charge < -0.3 is 14.2 Å². The first-order chi connectivity index (χ1) is 15.6. The monoisotopic (exact) mass is 448 g/mol. The Balaban J connectivity index is 2.20. The molecule has 0 saturated heterocycles. The Hall–Kier alpha value is -2.42. The molecule has 0 spiro atoms. The summed E-state index contributed by atoms with van der Waals surface area (Å²) in [5.74, 6) is 2.58. The molecular weight excluding hydrogens is 404 g/mol. The van der Waals surface area contributed by atoms with Crippen molar-refractivity contribution in [1.29, 1.82) is 0 Å². The van der Waals surface area contributed by atoms with Gasteiger partial charge in [-0.15, -0.1) is 0 Å². The van der Waals surface area contributed by atoms with Gasteiger partial charge in [0, 0.05) is 22.8 Å². The van der Waals surface area contributed by atoms with Crippen molar-refractivity contribution >= 4 is 0 Å². The number of benzene rings is 1. The lowest BCUT2D eigenvalue weighted by atomic mass is 10.1. The number of aromatic nitrogens is 2. The first-order valence-corrected chi connectivity index (χ1v) is 12.8. The van der Waals surface area contributed by atoms with Crippen molar-refractivity contribution in [3.8, 4) is 17.1 Å². The number of hydrogen-bond donors (Lipinski definition) is 1. The predicted octanol–water partition coefficient (Wildman–Crippen LogP) is 7.77. The first-order valence-electron chi connectivity index (χ1n) is 12.8. The maximum atomic E-state index is 11.7. The molecule has 0 atom stereocenters. The molecule has 2 aromatic heterocycles. The fourth-order valence-corrected chi connectivity index (χ4v) is 4.86. The number of para-hydroxylation sites is 1. The van der Waals surface area contributed by atoms with E-state index in [-0.39, 0.29) is 0 Å². The summed E-state index contributed by atoms with van der Waals surface area (Å²) in [4.78, 5) is 0. The second kappa shape index (κ2) is 10.7. The van der Waals surface area contributed by atoms with E-state index in [0.717, 1.165) is 37.1 Å². The molecule has 3 heteroatoms. The Labute approximate surface area is 201 Å². The molecule has 0 saturated carbocycles. The van der Waals surface area contributed by atoms with Crippen LogP contribution in [0.5, 0.6) is 5.75 Å². The normalized spacial score (nSPS) is 12.1. The van der Waals surface area contributed by atoms with Gasteiger partial charge in [-0.05, 0) is 85.8 Å². The molecule has 3 nitrogen and oxygen atoms in total. The number of hydrogen-bond acceptors (Lipinski definition) is 1. The lowest BCUT2D eigenvalue weighted by Crippen LogP contribution is -2.12. The van der Waals surface area contributed by atoms with Crippen LogP contribution in [0.25, 0.3) is 11.4 Å². The SMILES string of the molecule is CC(C)Cc1ccc(CC(C)C)n1-c1cccc(-n2c(CC(C)C)ccc2CC(C)C)c1O. The fraction of sp³-hybridized carbons (Fsp3) is 0.533. The van der Waals surface area contributed by atoms with E-state index < -0.39 is 0 Å². The number of phenolic OH excluding ortho intramolecular Hbond substituents is 1. The van der Waals surface area contributed by atoms with Gasteiger partial charge in [-0.1, -0.05) is 61.5 Å². The number of rotatable bonds is 10. The highest BCUT2D eigenvalue weighted by molar-refractivity contribution is 5.61. The molecule has 1 aromatic carbocycles. The minimum Gasteiger partial charge on any atom is -0.504 e. The molecule has 2 heterocycles. The van der Waals surface area contributed by atoms with Gasteiger partial charge in [0.15, 0.2) is 5.75 Å². The molecule has 3 aromatic rings. The molecule has 0 fully saturated rings.